The number of unbranched alkanes of at least 4 members (excludes halogenated alkanes) is 1. The zero-order valence-electron chi connectivity index (χ0n) is 11.3. The van der Waals surface area contributed by atoms with Crippen molar-refractivity contribution >= 4 is 0 Å². The highest BCUT2D eigenvalue weighted by Crippen LogP contribution is 2.40. The van der Waals surface area contributed by atoms with Gasteiger partial charge in [-0.05, 0) is 18.3 Å². The molecule has 0 amide bonds. The summed E-state index contributed by atoms with van der Waals surface area (Å²) in [4.78, 5) is 0. The molecular weight excluding hydrogens is 270 g/mol. The average molecular weight is 290 g/mol. The standard InChI is InChI=1S/C13H20F6/c1-4-5-8-11(2,3)9-6-7-10(12(14,15)16)13(17,18)19/h6-7,10H,4-5,8-9H2,1-3H3/b7-6+. The topological polar surface area (TPSA) is 0 Å². The van der Waals surface area contributed by atoms with Gasteiger partial charge in [0, 0.05) is 0 Å². The van der Waals surface area contributed by atoms with E-state index in [4.69, 9.17) is 0 Å². The summed E-state index contributed by atoms with van der Waals surface area (Å²) in [5.74, 6) is -3.37. The second kappa shape index (κ2) is 6.66. The maximum Gasteiger partial charge on any atom is 0.403 e. The lowest BCUT2D eigenvalue weighted by Crippen LogP contribution is -2.34. The molecule has 0 radical (unpaired) electrons. The minimum Gasteiger partial charge on any atom is -0.170 e. The van der Waals surface area contributed by atoms with E-state index in [-0.39, 0.29) is 17.9 Å². The van der Waals surface area contributed by atoms with E-state index in [0.29, 0.717) is 0 Å². The largest absolute Gasteiger partial charge is 0.403 e. The number of rotatable bonds is 6. The Balaban J connectivity index is 4.66. The highest BCUT2D eigenvalue weighted by Gasteiger charge is 2.54. The van der Waals surface area contributed by atoms with Gasteiger partial charge in [-0.25, -0.2) is 0 Å². The lowest BCUT2D eigenvalue weighted by Gasteiger charge is -2.24. The third-order valence-electron chi connectivity index (χ3n) is 2.91. The molecule has 0 saturated heterocycles. The van der Waals surface area contributed by atoms with E-state index in [0.717, 1.165) is 25.3 Å². The van der Waals surface area contributed by atoms with Gasteiger partial charge in [-0.2, -0.15) is 26.3 Å². The third-order valence-corrected chi connectivity index (χ3v) is 2.91. The Morgan fingerprint density at radius 1 is 0.947 bits per heavy atom. The first-order valence-corrected chi connectivity index (χ1v) is 6.20. The molecule has 0 aromatic carbocycles. The lowest BCUT2D eigenvalue weighted by molar-refractivity contribution is -0.267. The van der Waals surface area contributed by atoms with Crippen LogP contribution in [0.4, 0.5) is 26.3 Å². The molecule has 0 bridgehead atoms. The summed E-state index contributed by atoms with van der Waals surface area (Å²) in [5, 5.41) is 0. The van der Waals surface area contributed by atoms with E-state index in [9.17, 15) is 26.3 Å². The Hall–Kier alpha value is -0.680. The van der Waals surface area contributed by atoms with Gasteiger partial charge in [0.15, 0.2) is 5.92 Å². The van der Waals surface area contributed by atoms with Gasteiger partial charge in [-0.3, -0.25) is 0 Å². The molecular formula is C13H20F6. The number of halogens is 6. The number of hydrogen-bond donors (Lipinski definition) is 0. The Morgan fingerprint density at radius 3 is 1.79 bits per heavy atom. The van der Waals surface area contributed by atoms with Crippen molar-refractivity contribution < 1.29 is 26.3 Å². The molecule has 0 rings (SSSR count). The van der Waals surface area contributed by atoms with Crippen LogP contribution in [0.5, 0.6) is 0 Å². The fraction of sp³-hybridized carbons (Fsp3) is 0.846. The van der Waals surface area contributed by atoms with Gasteiger partial charge < -0.3 is 0 Å². The number of alkyl halides is 6. The van der Waals surface area contributed by atoms with Crippen LogP contribution >= 0.6 is 0 Å². The molecule has 0 aliphatic rings. The smallest absolute Gasteiger partial charge is 0.170 e. The zero-order valence-corrected chi connectivity index (χ0v) is 11.3. The molecule has 0 nitrogen and oxygen atoms in total. The van der Waals surface area contributed by atoms with Crippen LogP contribution in [-0.4, -0.2) is 12.4 Å². The number of allylic oxidation sites excluding steroid dienone is 2. The molecule has 0 saturated carbocycles. The Kier molecular flexibility index (Phi) is 6.42. The first-order chi connectivity index (χ1) is 8.40. The molecule has 0 atom stereocenters. The third kappa shape index (κ3) is 7.47. The van der Waals surface area contributed by atoms with Crippen LogP contribution in [0.1, 0.15) is 46.5 Å². The fourth-order valence-corrected chi connectivity index (χ4v) is 1.68. The van der Waals surface area contributed by atoms with Crippen molar-refractivity contribution in [2.75, 3.05) is 0 Å². The molecule has 0 aliphatic carbocycles. The van der Waals surface area contributed by atoms with Crippen LogP contribution in [-0.2, 0) is 0 Å². The van der Waals surface area contributed by atoms with Gasteiger partial charge in [-0.1, -0.05) is 45.8 Å². The first kappa shape index (κ1) is 18.3. The van der Waals surface area contributed by atoms with Crippen LogP contribution in [0.2, 0.25) is 0 Å². The average Bonchev–Trinajstić information content (AvgIpc) is 2.18. The summed E-state index contributed by atoms with van der Waals surface area (Å²) in [5.41, 5.74) is -0.283. The zero-order chi connectivity index (χ0) is 15.3. The highest BCUT2D eigenvalue weighted by molar-refractivity contribution is 4.97. The van der Waals surface area contributed by atoms with Crippen molar-refractivity contribution in [3.05, 3.63) is 12.2 Å². The molecule has 0 spiro atoms. The van der Waals surface area contributed by atoms with Crippen molar-refractivity contribution in [3.63, 3.8) is 0 Å². The monoisotopic (exact) mass is 290 g/mol. The van der Waals surface area contributed by atoms with E-state index < -0.39 is 18.3 Å². The Bertz CT molecular complexity index is 270. The highest BCUT2D eigenvalue weighted by atomic mass is 19.4. The van der Waals surface area contributed by atoms with Crippen molar-refractivity contribution in [1.29, 1.82) is 0 Å². The van der Waals surface area contributed by atoms with Crippen molar-refractivity contribution in [2.45, 2.75) is 58.8 Å². The Labute approximate surface area is 109 Å². The molecule has 0 aromatic heterocycles. The SMILES string of the molecule is CCCCC(C)(C)C/C=C/C(C(F)(F)F)C(F)(F)F. The minimum atomic E-state index is -5.29. The van der Waals surface area contributed by atoms with Crippen LogP contribution in [0.15, 0.2) is 12.2 Å². The lowest BCUT2D eigenvalue weighted by atomic mass is 9.83. The fourth-order valence-electron chi connectivity index (χ4n) is 1.68. The first-order valence-electron chi connectivity index (χ1n) is 6.20. The molecule has 0 unspecified atom stereocenters. The molecule has 6 heteroatoms. The predicted octanol–water partition coefficient (Wildman–Crippen LogP) is 5.89. The molecule has 114 valence electrons. The van der Waals surface area contributed by atoms with Crippen molar-refractivity contribution in [2.24, 2.45) is 11.3 Å². The van der Waals surface area contributed by atoms with Crippen LogP contribution in [0.3, 0.4) is 0 Å². The van der Waals surface area contributed by atoms with E-state index in [1.807, 2.05) is 20.8 Å². The molecule has 0 fully saturated rings. The van der Waals surface area contributed by atoms with Crippen LogP contribution in [0.25, 0.3) is 0 Å². The van der Waals surface area contributed by atoms with Gasteiger partial charge >= 0.3 is 12.4 Å². The van der Waals surface area contributed by atoms with Crippen LogP contribution in [0, 0.1) is 11.3 Å². The summed E-state index contributed by atoms with van der Waals surface area (Å²) in [7, 11) is 0. The maximum atomic E-state index is 12.3. The van der Waals surface area contributed by atoms with Gasteiger partial charge in [0.05, 0.1) is 0 Å². The molecule has 0 heterocycles. The molecule has 0 aromatic rings. The van der Waals surface area contributed by atoms with E-state index in [1.165, 1.54) is 0 Å². The summed E-state index contributed by atoms with van der Waals surface area (Å²) in [6.07, 6.45) is -6.52. The second-order valence-electron chi connectivity index (χ2n) is 5.46. The Morgan fingerprint density at radius 2 is 1.42 bits per heavy atom. The minimum absolute atomic E-state index is 0.204. The van der Waals surface area contributed by atoms with Gasteiger partial charge in [0.1, 0.15) is 0 Å². The predicted molar refractivity (Wildman–Crippen MR) is 62.7 cm³/mol. The summed E-state index contributed by atoms with van der Waals surface area (Å²) >= 11 is 0. The van der Waals surface area contributed by atoms with Gasteiger partial charge in [0.2, 0.25) is 0 Å². The number of hydrogen-bond acceptors (Lipinski definition) is 0. The summed E-state index contributed by atoms with van der Waals surface area (Å²) in [6.45, 7) is 5.65. The normalized spacial score (nSPS) is 14.6. The van der Waals surface area contributed by atoms with E-state index >= 15 is 0 Å². The quantitative estimate of drug-likeness (QED) is 0.422. The van der Waals surface area contributed by atoms with Gasteiger partial charge in [-0.15, -0.1) is 0 Å². The van der Waals surface area contributed by atoms with Crippen molar-refractivity contribution in [1.82, 2.24) is 0 Å². The maximum absolute atomic E-state index is 12.3. The van der Waals surface area contributed by atoms with Crippen LogP contribution < -0.4 is 0 Å². The molecule has 19 heavy (non-hydrogen) atoms. The summed E-state index contributed by atoms with van der Waals surface area (Å²) in [6, 6.07) is 0. The van der Waals surface area contributed by atoms with E-state index in [1.54, 1.807) is 0 Å². The molecule has 0 N–H and O–H groups in total. The van der Waals surface area contributed by atoms with Crippen molar-refractivity contribution in [3.8, 4) is 0 Å². The summed E-state index contributed by atoms with van der Waals surface area (Å²) < 4.78 is 73.6. The second-order valence-corrected chi connectivity index (χ2v) is 5.46. The molecule has 0 aliphatic heterocycles. The van der Waals surface area contributed by atoms with Gasteiger partial charge in [0.25, 0.3) is 0 Å². The van der Waals surface area contributed by atoms with E-state index in [2.05, 4.69) is 0 Å².